The van der Waals surface area contributed by atoms with Crippen LogP contribution in [0.3, 0.4) is 0 Å². The number of aromatic nitrogens is 2. The first-order valence-electron chi connectivity index (χ1n) is 12.2. The van der Waals surface area contributed by atoms with Crippen molar-refractivity contribution in [1.29, 1.82) is 0 Å². The van der Waals surface area contributed by atoms with Gasteiger partial charge in [0.2, 0.25) is 17.7 Å². The average Bonchev–Trinajstić information content (AvgIpc) is 3.35. The molecule has 5 atom stereocenters. The molecule has 38 heavy (non-hydrogen) atoms. The highest BCUT2D eigenvalue weighted by Crippen LogP contribution is 2.11. The molecule has 0 aliphatic heterocycles. The van der Waals surface area contributed by atoms with Crippen molar-refractivity contribution in [2.75, 3.05) is 0 Å². The molecule has 0 saturated carbocycles. The lowest BCUT2D eigenvalue weighted by molar-refractivity contribution is -0.143. The fourth-order valence-corrected chi connectivity index (χ4v) is 3.70. The summed E-state index contributed by atoms with van der Waals surface area (Å²) in [6.45, 7) is 4.92. The second-order valence-corrected chi connectivity index (χ2v) is 9.58. The van der Waals surface area contributed by atoms with E-state index in [9.17, 15) is 34.5 Å². The number of nitrogens with two attached hydrogens (primary N) is 1. The van der Waals surface area contributed by atoms with Gasteiger partial charge < -0.3 is 42.0 Å². The number of carbonyl (C=O) groups is 4. The number of carboxylic acid groups (broad SMARTS) is 1. The van der Waals surface area contributed by atoms with Gasteiger partial charge in [-0.25, -0.2) is 9.78 Å². The summed E-state index contributed by atoms with van der Waals surface area (Å²) in [5.74, 6) is -3.49. The first-order chi connectivity index (χ1) is 17.9. The van der Waals surface area contributed by atoms with Gasteiger partial charge in [-0.3, -0.25) is 14.4 Å². The number of aliphatic carboxylic acids is 1. The van der Waals surface area contributed by atoms with Crippen LogP contribution in [0.1, 0.15) is 38.4 Å². The van der Waals surface area contributed by atoms with Gasteiger partial charge in [-0.15, -0.1) is 0 Å². The number of carbonyl (C=O) groups excluding carboxylic acids is 3. The molecule has 1 heterocycles. The van der Waals surface area contributed by atoms with E-state index in [0.29, 0.717) is 11.3 Å². The molecule has 3 amide bonds. The number of aromatic hydroxyl groups is 1. The van der Waals surface area contributed by atoms with Gasteiger partial charge in [0.1, 0.15) is 23.9 Å². The Kier molecular flexibility index (Phi) is 11.2. The van der Waals surface area contributed by atoms with E-state index < -0.39 is 54.0 Å². The maximum absolute atomic E-state index is 13.1. The van der Waals surface area contributed by atoms with Gasteiger partial charge in [-0.2, -0.15) is 0 Å². The Morgan fingerprint density at radius 3 is 2.11 bits per heavy atom. The van der Waals surface area contributed by atoms with Gasteiger partial charge in [0.05, 0.1) is 18.5 Å². The number of rotatable bonds is 14. The summed E-state index contributed by atoms with van der Waals surface area (Å²) in [5, 5.41) is 36.5. The number of phenolic OH excluding ortho intramolecular Hbond substituents is 1. The molecule has 13 heteroatoms. The van der Waals surface area contributed by atoms with Crippen LogP contribution in [0, 0.1) is 5.92 Å². The fraction of sp³-hybridized carbons (Fsp3) is 0.480. The minimum absolute atomic E-state index is 0.0161. The molecule has 0 bridgehead atoms. The molecule has 0 spiro atoms. The van der Waals surface area contributed by atoms with Crippen molar-refractivity contribution in [3.63, 3.8) is 0 Å². The number of imidazole rings is 1. The standard InChI is InChI=1S/C25H36N6O7/c1-13(2)8-20(25(37)38)30-23(35)19(10-16-11-27-12-28-16)29-24(36)21(14(3)32)31-22(34)18(26)9-15-4-6-17(33)7-5-15/h4-7,11-14,18-21,32-33H,8-10,26H2,1-3H3,(H,27,28)(H,29,36)(H,30,35)(H,31,34)(H,37,38). The summed E-state index contributed by atoms with van der Waals surface area (Å²) in [6, 6.07) is 1.18. The Morgan fingerprint density at radius 1 is 0.947 bits per heavy atom. The summed E-state index contributed by atoms with van der Waals surface area (Å²) in [5.41, 5.74) is 7.15. The van der Waals surface area contributed by atoms with Gasteiger partial charge in [0.15, 0.2) is 0 Å². The zero-order chi connectivity index (χ0) is 28.4. The number of aliphatic hydroxyl groups is 1. The van der Waals surface area contributed by atoms with Crippen LogP contribution in [0.5, 0.6) is 5.75 Å². The topological polar surface area (TPSA) is 220 Å². The first-order valence-corrected chi connectivity index (χ1v) is 12.2. The van der Waals surface area contributed by atoms with E-state index in [1.54, 1.807) is 12.1 Å². The molecular weight excluding hydrogens is 496 g/mol. The van der Waals surface area contributed by atoms with E-state index in [4.69, 9.17) is 5.73 Å². The van der Waals surface area contributed by atoms with Gasteiger partial charge >= 0.3 is 5.97 Å². The summed E-state index contributed by atoms with van der Waals surface area (Å²) in [7, 11) is 0. The quantitative estimate of drug-likeness (QED) is 0.152. The average molecular weight is 533 g/mol. The maximum atomic E-state index is 13.1. The number of benzene rings is 1. The second kappa shape index (κ2) is 14.1. The van der Waals surface area contributed by atoms with Crippen molar-refractivity contribution in [3.8, 4) is 5.75 Å². The number of amides is 3. The number of aromatic amines is 1. The molecule has 0 aliphatic rings. The fourth-order valence-electron chi connectivity index (χ4n) is 3.70. The van der Waals surface area contributed by atoms with Crippen LogP contribution in [0.2, 0.25) is 0 Å². The number of phenols is 1. The van der Waals surface area contributed by atoms with Crippen LogP contribution in [-0.2, 0) is 32.0 Å². The molecule has 208 valence electrons. The lowest BCUT2D eigenvalue weighted by Gasteiger charge is -2.26. The van der Waals surface area contributed by atoms with E-state index in [1.165, 1.54) is 31.6 Å². The Balaban J connectivity index is 2.14. The molecule has 1 aromatic heterocycles. The lowest BCUT2D eigenvalue weighted by Crippen LogP contribution is -2.60. The Morgan fingerprint density at radius 2 is 1.58 bits per heavy atom. The molecule has 0 fully saturated rings. The van der Waals surface area contributed by atoms with Gasteiger partial charge in [0, 0.05) is 18.3 Å². The Bertz CT molecular complexity index is 1070. The number of H-pyrrole nitrogens is 1. The van der Waals surface area contributed by atoms with Gasteiger partial charge in [0.25, 0.3) is 0 Å². The predicted octanol–water partition coefficient (Wildman–Crippen LogP) is -0.806. The van der Waals surface area contributed by atoms with E-state index >= 15 is 0 Å². The van der Waals surface area contributed by atoms with Crippen LogP contribution in [0.15, 0.2) is 36.8 Å². The van der Waals surface area contributed by atoms with Crippen LogP contribution >= 0.6 is 0 Å². The lowest BCUT2D eigenvalue weighted by atomic mass is 10.0. The third kappa shape index (κ3) is 9.48. The smallest absolute Gasteiger partial charge is 0.326 e. The number of nitrogens with zero attached hydrogens (tertiary/aromatic N) is 1. The maximum Gasteiger partial charge on any atom is 0.326 e. The number of nitrogens with one attached hydrogen (secondary N) is 4. The molecular formula is C25H36N6O7. The zero-order valence-electron chi connectivity index (χ0n) is 21.5. The predicted molar refractivity (Wildman–Crippen MR) is 137 cm³/mol. The van der Waals surface area contributed by atoms with Crippen LogP contribution in [-0.4, -0.2) is 79.2 Å². The van der Waals surface area contributed by atoms with Crippen molar-refractivity contribution in [1.82, 2.24) is 25.9 Å². The highest BCUT2D eigenvalue weighted by atomic mass is 16.4. The van der Waals surface area contributed by atoms with Crippen LogP contribution in [0.4, 0.5) is 0 Å². The summed E-state index contributed by atoms with van der Waals surface area (Å²) in [6.07, 6.45) is 1.73. The van der Waals surface area contributed by atoms with E-state index in [0.717, 1.165) is 0 Å². The molecule has 9 N–H and O–H groups in total. The Hall–Kier alpha value is -3.97. The third-order valence-electron chi connectivity index (χ3n) is 5.72. The molecule has 0 aliphatic carbocycles. The SMILES string of the molecule is CC(C)CC(NC(=O)C(Cc1cnc[nH]1)NC(=O)C(NC(=O)C(N)Cc1ccc(O)cc1)C(C)O)C(=O)O. The summed E-state index contributed by atoms with van der Waals surface area (Å²) < 4.78 is 0. The number of hydrogen-bond donors (Lipinski definition) is 8. The third-order valence-corrected chi connectivity index (χ3v) is 5.72. The molecule has 5 unspecified atom stereocenters. The molecule has 0 saturated heterocycles. The summed E-state index contributed by atoms with van der Waals surface area (Å²) in [4.78, 5) is 57.2. The van der Waals surface area contributed by atoms with Crippen LogP contribution < -0.4 is 21.7 Å². The van der Waals surface area contributed by atoms with Crippen LogP contribution in [0.25, 0.3) is 0 Å². The monoisotopic (exact) mass is 532 g/mol. The molecule has 2 aromatic rings. The van der Waals surface area contributed by atoms with E-state index in [-0.39, 0.29) is 30.9 Å². The van der Waals surface area contributed by atoms with Crippen molar-refractivity contribution in [2.45, 2.75) is 70.3 Å². The number of aliphatic hydroxyl groups excluding tert-OH is 1. The highest BCUT2D eigenvalue weighted by Gasteiger charge is 2.33. The molecule has 1 aromatic carbocycles. The second-order valence-electron chi connectivity index (χ2n) is 9.58. The molecule has 13 nitrogen and oxygen atoms in total. The minimum atomic E-state index is -1.45. The largest absolute Gasteiger partial charge is 0.508 e. The molecule has 2 rings (SSSR count). The summed E-state index contributed by atoms with van der Waals surface area (Å²) >= 11 is 0. The normalized spacial score (nSPS) is 15.1. The molecule has 0 radical (unpaired) electrons. The van der Waals surface area contributed by atoms with Crippen molar-refractivity contribution < 1.29 is 34.5 Å². The van der Waals surface area contributed by atoms with Gasteiger partial charge in [-0.05, 0) is 43.4 Å². The first kappa shape index (κ1) is 30.3. The van der Waals surface area contributed by atoms with Crippen molar-refractivity contribution >= 4 is 23.7 Å². The number of hydrogen-bond acceptors (Lipinski definition) is 8. The van der Waals surface area contributed by atoms with Gasteiger partial charge in [-0.1, -0.05) is 26.0 Å². The van der Waals surface area contributed by atoms with E-state index in [1.807, 2.05) is 13.8 Å². The number of carboxylic acids is 1. The highest BCUT2D eigenvalue weighted by molar-refractivity contribution is 5.94. The minimum Gasteiger partial charge on any atom is -0.508 e. The zero-order valence-corrected chi connectivity index (χ0v) is 21.5. The van der Waals surface area contributed by atoms with Crippen molar-refractivity contribution in [3.05, 3.63) is 48.0 Å². The van der Waals surface area contributed by atoms with E-state index in [2.05, 4.69) is 25.9 Å². The van der Waals surface area contributed by atoms with Crippen molar-refractivity contribution in [2.24, 2.45) is 11.7 Å². The Labute approximate surface area is 220 Å².